The van der Waals surface area contributed by atoms with Crippen molar-refractivity contribution in [2.24, 2.45) is 0 Å². The number of hydrogen-bond acceptors (Lipinski definition) is 2. The van der Waals surface area contributed by atoms with Crippen molar-refractivity contribution in [3.05, 3.63) is 29.3 Å². The summed E-state index contributed by atoms with van der Waals surface area (Å²) in [7, 11) is 2.29. The molecule has 1 saturated carbocycles. The predicted molar refractivity (Wildman–Crippen MR) is 73.8 cm³/mol. The van der Waals surface area contributed by atoms with E-state index in [1.807, 2.05) is 12.1 Å². The van der Waals surface area contributed by atoms with Gasteiger partial charge in [-0.2, -0.15) is 0 Å². The molecule has 0 heterocycles. The number of fused-ring (bicyclic) bond motifs is 1. The number of benzene rings is 1. The van der Waals surface area contributed by atoms with Gasteiger partial charge in [-0.05, 0) is 62.4 Å². The number of hydrogen-bond donors (Lipinski definition) is 1. The monoisotopic (exact) mass is 245 g/mol. The Balaban J connectivity index is 1.86. The summed E-state index contributed by atoms with van der Waals surface area (Å²) in [5.74, 6) is 0.415. The van der Waals surface area contributed by atoms with Gasteiger partial charge >= 0.3 is 0 Å². The number of rotatable bonds is 2. The summed E-state index contributed by atoms with van der Waals surface area (Å²) in [6, 6.07) is 7.29. The van der Waals surface area contributed by atoms with Crippen LogP contribution in [0.4, 0.5) is 0 Å². The van der Waals surface area contributed by atoms with Crippen LogP contribution in [0.5, 0.6) is 5.75 Å². The van der Waals surface area contributed by atoms with Crippen LogP contribution in [0.3, 0.4) is 0 Å². The molecule has 0 aromatic heterocycles. The zero-order valence-electron chi connectivity index (χ0n) is 11.2. The van der Waals surface area contributed by atoms with Crippen LogP contribution in [0.25, 0.3) is 0 Å². The fourth-order valence-electron chi connectivity index (χ4n) is 3.76. The molecule has 98 valence electrons. The first kappa shape index (κ1) is 12.0. The minimum absolute atomic E-state index is 0.415. The van der Waals surface area contributed by atoms with E-state index in [1.54, 1.807) is 0 Å². The van der Waals surface area contributed by atoms with Gasteiger partial charge in [0.1, 0.15) is 5.75 Å². The van der Waals surface area contributed by atoms with Crippen molar-refractivity contribution < 1.29 is 5.11 Å². The van der Waals surface area contributed by atoms with E-state index in [2.05, 4.69) is 18.0 Å². The Morgan fingerprint density at radius 1 is 1.11 bits per heavy atom. The number of phenolic OH excluding ortho intramolecular Hbond substituents is 1. The number of phenols is 1. The van der Waals surface area contributed by atoms with Gasteiger partial charge in [0, 0.05) is 12.1 Å². The molecular weight excluding hydrogens is 222 g/mol. The highest BCUT2D eigenvalue weighted by Crippen LogP contribution is 2.38. The van der Waals surface area contributed by atoms with Crippen molar-refractivity contribution in [3.63, 3.8) is 0 Å². The Hall–Kier alpha value is -1.02. The Kier molecular flexibility index (Phi) is 3.29. The van der Waals surface area contributed by atoms with Crippen LogP contribution in [0.2, 0.25) is 0 Å². The third-order valence-corrected chi connectivity index (χ3v) is 4.80. The third kappa shape index (κ3) is 2.14. The molecule has 2 heteroatoms. The van der Waals surface area contributed by atoms with Crippen molar-refractivity contribution in [2.75, 3.05) is 7.05 Å². The van der Waals surface area contributed by atoms with Crippen molar-refractivity contribution in [1.82, 2.24) is 4.90 Å². The van der Waals surface area contributed by atoms with Crippen molar-refractivity contribution in [1.29, 1.82) is 0 Å². The highest BCUT2D eigenvalue weighted by molar-refractivity contribution is 5.38. The molecule has 2 aliphatic rings. The van der Waals surface area contributed by atoms with Crippen molar-refractivity contribution in [3.8, 4) is 5.75 Å². The van der Waals surface area contributed by atoms with E-state index < -0.39 is 0 Å². The molecule has 1 N–H and O–H groups in total. The number of aryl methyl sites for hydroxylation is 1. The van der Waals surface area contributed by atoms with Crippen LogP contribution in [0, 0.1) is 0 Å². The summed E-state index contributed by atoms with van der Waals surface area (Å²) in [4.78, 5) is 2.60. The van der Waals surface area contributed by atoms with Crippen molar-refractivity contribution in [2.45, 2.75) is 57.0 Å². The first-order chi connectivity index (χ1) is 8.75. The normalized spacial score (nSPS) is 24.4. The summed E-state index contributed by atoms with van der Waals surface area (Å²) < 4.78 is 0. The van der Waals surface area contributed by atoms with E-state index in [-0.39, 0.29) is 0 Å². The molecule has 3 rings (SSSR count). The molecule has 1 atom stereocenters. The second-order valence-electron chi connectivity index (χ2n) is 5.89. The van der Waals surface area contributed by atoms with Gasteiger partial charge in [-0.15, -0.1) is 0 Å². The molecule has 0 aliphatic heterocycles. The first-order valence-electron chi connectivity index (χ1n) is 7.29. The van der Waals surface area contributed by atoms with Gasteiger partial charge in [0.15, 0.2) is 0 Å². The van der Waals surface area contributed by atoms with Gasteiger partial charge < -0.3 is 5.11 Å². The average molecular weight is 245 g/mol. The molecule has 0 saturated heterocycles. The Morgan fingerprint density at radius 3 is 2.67 bits per heavy atom. The minimum Gasteiger partial charge on any atom is -0.508 e. The lowest BCUT2D eigenvalue weighted by Gasteiger charge is -2.37. The summed E-state index contributed by atoms with van der Waals surface area (Å²) >= 11 is 0. The Labute approximate surface area is 110 Å². The van der Waals surface area contributed by atoms with Gasteiger partial charge in [-0.25, -0.2) is 0 Å². The lowest BCUT2D eigenvalue weighted by atomic mass is 9.86. The van der Waals surface area contributed by atoms with Gasteiger partial charge in [0.25, 0.3) is 0 Å². The summed E-state index contributed by atoms with van der Waals surface area (Å²) in [5, 5.41) is 9.61. The molecule has 1 fully saturated rings. The molecular formula is C16H23NO. The van der Waals surface area contributed by atoms with Gasteiger partial charge in [-0.3, -0.25) is 4.90 Å². The fourth-order valence-corrected chi connectivity index (χ4v) is 3.76. The minimum atomic E-state index is 0.415. The maximum absolute atomic E-state index is 9.61. The lowest BCUT2D eigenvalue weighted by molar-refractivity contribution is 0.159. The number of aromatic hydroxyl groups is 1. The molecule has 2 aliphatic carbocycles. The Morgan fingerprint density at radius 2 is 1.89 bits per heavy atom. The van der Waals surface area contributed by atoms with E-state index in [9.17, 15) is 5.11 Å². The topological polar surface area (TPSA) is 23.5 Å². The standard InChI is InChI=1S/C16H23NO/c1-17(13-6-2-3-7-13)16-8-4-5-12-11-14(18)9-10-15(12)16/h9-11,13,16,18H,2-8H2,1H3. The van der Waals surface area contributed by atoms with Crippen LogP contribution in [0.1, 0.15) is 55.7 Å². The summed E-state index contributed by atoms with van der Waals surface area (Å²) in [6.07, 6.45) is 9.15. The summed E-state index contributed by atoms with van der Waals surface area (Å²) in [6.45, 7) is 0. The van der Waals surface area contributed by atoms with E-state index >= 15 is 0 Å². The van der Waals surface area contributed by atoms with Gasteiger partial charge in [0.05, 0.1) is 0 Å². The van der Waals surface area contributed by atoms with Gasteiger partial charge in [-0.1, -0.05) is 18.9 Å². The quantitative estimate of drug-likeness (QED) is 0.859. The van der Waals surface area contributed by atoms with Crippen LogP contribution < -0.4 is 0 Å². The molecule has 18 heavy (non-hydrogen) atoms. The average Bonchev–Trinajstić information content (AvgIpc) is 2.90. The second-order valence-corrected chi connectivity index (χ2v) is 5.89. The molecule has 0 amide bonds. The number of nitrogens with zero attached hydrogens (tertiary/aromatic N) is 1. The van der Waals surface area contributed by atoms with Crippen LogP contribution in [-0.4, -0.2) is 23.1 Å². The molecule has 0 radical (unpaired) electrons. The highest BCUT2D eigenvalue weighted by Gasteiger charge is 2.29. The van der Waals surface area contributed by atoms with E-state index in [1.165, 1.54) is 49.7 Å². The van der Waals surface area contributed by atoms with Crippen LogP contribution in [-0.2, 0) is 6.42 Å². The molecule has 0 bridgehead atoms. The fraction of sp³-hybridized carbons (Fsp3) is 0.625. The maximum Gasteiger partial charge on any atom is 0.115 e. The first-order valence-corrected chi connectivity index (χ1v) is 7.29. The molecule has 1 unspecified atom stereocenters. The largest absolute Gasteiger partial charge is 0.508 e. The predicted octanol–water partition coefficient (Wildman–Crippen LogP) is 3.64. The molecule has 2 nitrogen and oxygen atoms in total. The zero-order valence-corrected chi connectivity index (χ0v) is 11.2. The van der Waals surface area contributed by atoms with Gasteiger partial charge in [0.2, 0.25) is 0 Å². The molecule has 1 aromatic carbocycles. The molecule has 0 spiro atoms. The van der Waals surface area contributed by atoms with Crippen LogP contribution >= 0.6 is 0 Å². The van der Waals surface area contributed by atoms with E-state index in [0.717, 1.165) is 12.5 Å². The second kappa shape index (κ2) is 4.93. The highest BCUT2D eigenvalue weighted by atomic mass is 16.3. The Bertz CT molecular complexity index is 423. The lowest BCUT2D eigenvalue weighted by Crippen LogP contribution is -2.35. The molecule has 1 aromatic rings. The van der Waals surface area contributed by atoms with Crippen molar-refractivity contribution >= 4 is 0 Å². The van der Waals surface area contributed by atoms with Crippen LogP contribution in [0.15, 0.2) is 18.2 Å². The zero-order chi connectivity index (χ0) is 12.5. The smallest absolute Gasteiger partial charge is 0.115 e. The SMILES string of the molecule is CN(C1CCCC1)C1CCCc2cc(O)ccc21. The summed E-state index contributed by atoms with van der Waals surface area (Å²) in [5.41, 5.74) is 2.81. The maximum atomic E-state index is 9.61. The third-order valence-electron chi connectivity index (χ3n) is 4.80. The van der Waals surface area contributed by atoms with E-state index in [4.69, 9.17) is 0 Å². The van der Waals surface area contributed by atoms with E-state index in [0.29, 0.717) is 11.8 Å².